The Morgan fingerprint density at radius 2 is 1.24 bits per heavy atom. The molecule has 0 bridgehead atoms. The zero-order chi connectivity index (χ0) is 16.5. The maximum atomic E-state index is 8.92. The van der Waals surface area contributed by atoms with E-state index >= 15 is 0 Å². The fourth-order valence-corrected chi connectivity index (χ4v) is 2.08. The van der Waals surface area contributed by atoms with Gasteiger partial charge in [-0.1, -0.05) is 38.0 Å². The molecule has 0 fully saturated rings. The van der Waals surface area contributed by atoms with E-state index in [1.807, 2.05) is 27.7 Å². The lowest BCUT2D eigenvalue weighted by Crippen LogP contribution is -2.46. The fraction of sp³-hybridized carbons (Fsp3) is 0.867. The van der Waals surface area contributed by atoms with E-state index in [9.17, 15) is 0 Å². The molecule has 0 rings (SSSR count). The fourth-order valence-electron chi connectivity index (χ4n) is 2.08. The molecular formula is C15H32N4O2. The Hall–Kier alpha value is -1.14. The van der Waals surface area contributed by atoms with Crippen molar-refractivity contribution in [1.29, 1.82) is 0 Å². The monoisotopic (exact) mass is 300 g/mol. The van der Waals surface area contributed by atoms with Gasteiger partial charge in [0.2, 0.25) is 0 Å². The van der Waals surface area contributed by atoms with E-state index in [0.717, 1.165) is 37.4 Å². The first-order chi connectivity index (χ1) is 9.81. The minimum Gasteiger partial charge on any atom is -0.411 e. The number of nitrogens with zero attached hydrogens (tertiary/aromatic N) is 2. The van der Waals surface area contributed by atoms with Gasteiger partial charge in [-0.05, 0) is 32.1 Å². The van der Waals surface area contributed by atoms with Crippen LogP contribution in [0.5, 0.6) is 0 Å². The smallest absolute Gasteiger partial charge is 0.0734 e. The molecule has 2 unspecified atom stereocenters. The largest absolute Gasteiger partial charge is 0.411 e. The minimum atomic E-state index is 0.0329. The van der Waals surface area contributed by atoms with Gasteiger partial charge in [-0.3, -0.25) is 0 Å². The molecule has 0 radical (unpaired) electrons. The second-order valence-corrected chi connectivity index (χ2v) is 6.26. The summed E-state index contributed by atoms with van der Waals surface area (Å²) in [5, 5.41) is 31.3. The molecule has 0 aromatic carbocycles. The van der Waals surface area contributed by atoms with Crippen molar-refractivity contribution in [3.63, 3.8) is 0 Å². The molecule has 124 valence electrons. The lowest BCUT2D eigenvalue weighted by Gasteiger charge is -2.29. The Labute approximate surface area is 128 Å². The van der Waals surface area contributed by atoms with Crippen LogP contribution < -0.4 is 10.6 Å². The van der Waals surface area contributed by atoms with Crippen LogP contribution in [0.3, 0.4) is 0 Å². The number of oxime groups is 2. The van der Waals surface area contributed by atoms with Gasteiger partial charge in [0.15, 0.2) is 0 Å². The van der Waals surface area contributed by atoms with Crippen LogP contribution in [0.15, 0.2) is 10.3 Å². The molecule has 0 aliphatic carbocycles. The van der Waals surface area contributed by atoms with Crippen molar-refractivity contribution < 1.29 is 10.4 Å². The third-order valence-electron chi connectivity index (χ3n) is 3.75. The summed E-state index contributed by atoms with van der Waals surface area (Å²) in [6, 6.07) is 0.115. The SMILES string of the molecule is CC/C(=N/O)C(C)NCC(C)(C)CNC(C)/C(CC)=N/O. The highest BCUT2D eigenvalue weighted by molar-refractivity contribution is 5.88. The zero-order valence-corrected chi connectivity index (χ0v) is 14.3. The number of hydrogen-bond donors (Lipinski definition) is 4. The lowest BCUT2D eigenvalue weighted by atomic mass is 9.92. The second kappa shape index (κ2) is 9.73. The van der Waals surface area contributed by atoms with E-state index in [1.54, 1.807) is 0 Å². The van der Waals surface area contributed by atoms with Crippen molar-refractivity contribution >= 4 is 11.4 Å². The van der Waals surface area contributed by atoms with Crippen molar-refractivity contribution in [3.05, 3.63) is 0 Å². The van der Waals surface area contributed by atoms with Gasteiger partial charge in [-0.15, -0.1) is 0 Å². The molecule has 0 spiro atoms. The van der Waals surface area contributed by atoms with E-state index in [0.29, 0.717) is 0 Å². The summed E-state index contributed by atoms with van der Waals surface area (Å²) >= 11 is 0. The molecule has 0 heterocycles. The summed E-state index contributed by atoms with van der Waals surface area (Å²) in [6.45, 7) is 13.9. The summed E-state index contributed by atoms with van der Waals surface area (Å²) in [5.41, 5.74) is 1.55. The van der Waals surface area contributed by atoms with Crippen LogP contribution in [0.25, 0.3) is 0 Å². The van der Waals surface area contributed by atoms with Crippen molar-refractivity contribution in [2.45, 2.75) is 66.5 Å². The van der Waals surface area contributed by atoms with Gasteiger partial charge in [-0.2, -0.15) is 0 Å². The van der Waals surface area contributed by atoms with Gasteiger partial charge < -0.3 is 21.0 Å². The van der Waals surface area contributed by atoms with Crippen LogP contribution in [-0.4, -0.2) is 47.0 Å². The Bertz CT molecular complexity index is 322. The van der Waals surface area contributed by atoms with Gasteiger partial charge in [0.1, 0.15) is 0 Å². The number of nitrogens with one attached hydrogen (secondary N) is 2. The Morgan fingerprint density at radius 1 is 0.905 bits per heavy atom. The highest BCUT2D eigenvalue weighted by Gasteiger charge is 2.21. The van der Waals surface area contributed by atoms with Crippen LogP contribution in [0.2, 0.25) is 0 Å². The Kier molecular flexibility index (Phi) is 9.21. The summed E-state index contributed by atoms with van der Waals surface area (Å²) in [5.74, 6) is 0. The van der Waals surface area contributed by atoms with Gasteiger partial charge in [0, 0.05) is 25.2 Å². The molecule has 6 heteroatoms. The maximum Gasteiger partial charge on any atom is 0.0734 e. The summed E-state index contributed by atoms with van der Waals surface area (Å²) in [4.78, 5) is 0. The topological polar surface area (TPSA) is 89.2 Å². The summed E-state index contributed by atoms with van der Waals surface area (Å²) < 4.78 is 0. The first kappa shape index (κ1) is 19.9. The predicted molar refractivity (Wildman–Crippen MR) is 87.7 cm³/mol. The lowest BCUT2D eigenvalue weighted by molar-refractivity contribution is 0.297. The van der Waals surface area contributed by atoms with Crippen molar-refractivity contribution in [2.24, 2.45) is 15.7 Å². The molecule has 0 aliphatic heterocycles. The minimum absolute atomic E-state index is 0.0329. The van der Waals surface area contributed by atoms with Gasteiger partial charge in [0.05, 0.1) is 11.4 Å². The number of rotatable bonds is 10. The second-order valence-electron chi connectivity index (χ2n) is 6.26. The maximum absolute atomic E-state index is 8.92. The van der Waals surface area contributed by atoms with Crippen LogP contribution in [-0.2, 0) is 0 Å². The van der Waals surface area contributed by atoms with Crippen LogP contribution >= 0.6 is 0 Å². The summed E-state index contributed by atoms with van der Waals surface area (Å²) in [6.07, 6.45) is 1.46. The zero-order valence-electron chi connectivity index (χ0n) is 14.3. The molecule has 0 aliphatic rings. The highest BCUT2D eigenvalue weighted by Crippen LogP contribution is 2.13. The first-order valence-corrected chi connectivity index (χ1v) is 7.69. The average Bonchev–Trinajstić information content (AvgIpc) is 2.46. The van der Waals surface area contributed by atoms with Crippen molar-refractivity contribution in [1.82, 2.24) is 10.6 Å². The van der Waals surface area contributed by atoms with Crippen molar-refractivity contribution in [2.75, 3.05) is 13.1 Å². The molecule has 6 nitrogen and oxygen atoms in total. The van der Waals surface area contributed by atoms with Crippen LogP contribution in [0, 0.1) is 5.41 Å². The average molecular weight is 300 g/mol. The Morgan fingerprint density at radius 3 is 1.48 bits per heavy atom. The molecule has 0 aromatic rings. The predicted octanol–water partition coefficient (Wildman–Crippen LogP) is 2.45. The normalized spacial score (nSPS) is 16.9. The Balaban J connectivity index is 4.32. The summed E-state index contributed by atoms with van der Waals surface area (Å²) in [7, 11) is 0. The van der Waals surface area contributed by atoms with Gasteiger partial charge in [0.25, 0.3) is 0 Å². The first-order valence-electron chi connectivity index (χ1n) is 7.69. The molecule has 0 saturated heterocycles. The number of hydrogen-bond acceptors (Lipinski definition) is 6. The highest BCUT2D eigenvalue weighted by atomic mass is 16.4. The molecule has 0 saturated carbocycles. The van der Waals surface area contributed by atoms with Crippen LogP contribution in [0.1, 0.15) is 54.4 Å². The quantitative estimate of drug-likeness (QED) is 0.283. The molecule has 4 N–H and O–H groups in total. The molecule has 0 aromatic heterocycles. The van der Waals surface area contributed by atoms with Gasteiger partial charge in [-0.25, -0.2) is 0 Å². The third kappa shape index (κ3) is 7.43. The third-order valence-corrected chi connectivity index (χ3v) is 3.75. The van der Waals surface area contributed by atoms with E-state index in [-0.39, 0.29) is 17.5 Å². The van der Waals surface area contributed by atoms with Gasteiger partial charge >= 0.3 is 0 Å². The van der Waals surface area contributed by atoms with Crippen molar-refractivity contribution in [3.8, 4) is 0 Å². The van der Waals surface area contributed by atoms with Crippen LogP contribution in [0.4, 0.5) is 0 Å². The standard InChI is InChI=1S/C15H32N4O2/c1-7-13(18-20)11(3)16-9-15(5,6)10-17-12(4)14(8-2)19-21/h11-12,16-17,20-21H,7-10H2,1-6H3/b18-13-,19-14+. The molecular weight excluding hydrogens is 268 g/mol. The van der Waals surface area contributed by atoms with E-state index in [2.05, 4.69) is 34.8 Å². The van der Waals surface area contributed by atoms with E-state index in [4.69, 9.17) is 10.4 Å². The van der Waals surface area contributed by atoms with E-state index < -0.39 is 0 Å². The molecule has 2 atom stereocenters. The molecule has 21 heavy (non-hydrogen) atoms. The van der Waals surface area contributed by atoms with E-state index in [1.165, 1.54) is 0 Å². The molecule has 0 amide bonds.